The molecule has 11 heteroatoms. The topological polar surface area (TPSA) is 77.9 Å². The molecule has 0 radical (unpaired) electrons. The lowest BCUT2D eigenvalue weighted by Crippen LogP contribution is -2.46. The Balaban J connectivity index is 1.35. The minimum Gasteiger partial charge on any atom is -0.392 e. The van der Waals surface area contributed by atoms with Crippen LogP contribution in [0, 0.1) is 0 Å². The molecule has 2 saturated heterocycles. The third kappa shape index (κ3) is 6.30. The molecule has 1 aromatic heterocycles. The Kier molecular flexibility index (Phi) is 8.27. The van der Waals surface area contributed by atoms with Crippen molar-refractivity contribution in [3.8, 4) is 0 Å². The van der Waals surface area contributed by atoms with E-state index < -0.39 is 11.7 Å². The van der Waals surface area contributed by atoms with Crippen molar-refractivity contribution in [2.75, 3.05) is 51.3 Å². The van der Waals surface area contributed by atoms with Crippen LogP contribution in [0.2, 0.25) is 5.02 Å². The molecule has 7 nitrogen and oxygen atoms in total. The predicted octanol–water partition coefficient (Wildman–Crippen LogP) is 5.18. The van der Waals surface area contributed by atoms with Gasteiger partial charge in [0.15, 0.2) is 0 Å². The number of benzene rings is 2. The first-order valence-corrected chi connectivity index (χ1v) is 13.3. The molecule has 0 spiro atoms. The lowest BCUT2D eigenvalue weighted by Gasteiger charge is -2.35. The fourth-order valence-electron chi connectivity index (χ4n) is 5.34. The van der Waals surface area contributed by atoms with Crippen LogP contribution in [-0.2, 0) is 22.3 Å². The number of halogens is 4. The average Bonchev–Trinajstić information content (AvgIpc) is 2.93. The van der Waals surface area contributed by atoms with Gasteiger partial charge in [-0.3, -0.25) is 14.7 Å². The van der Waals surface area contributed by atoms with E-state index in [0.29, 0.717) is 86.0 Å². The van der Waals surface area contributed by atoms with Crippen molar-refractivity contribution in [2.24, 2.45) is 0 Å². The SMILES string of the molecule is O=C(CN1CCOCC1)N1CCC(c2ccc(Nc3c(CO)cnc4ccc(Cl)cc34)cc2C(F)(F)F)CC1. The first-order chi connectivity index (χ1) is 18.7. The Morgan fingerprint density at radius 3 is 2.54 bits per heavy atom. The normalized spacial score (nSPS) is 17.5. The number of pyridine rings is 1. The van der Waals surface area contributed by atoms with E-state index in [9.17, 15) is 23.1 Å². The number of alkyl halides is 3. The maximum absolute atomic E-state index is 14.3. The molecule has 2 aliphatic heterocycles. The highest BCUT2D eigenvalue weighted by Gasteiger charge is 2.37. The second kappa shape index (κ2) is 11.7. The zero-order valence-corrected chi connectivity index (χ0v) is 22.1. The largest absolute Gasteiger partial charge is 0.416 e. The molecule has 3 heterocycles. The maximum atomic E-state index is 14.3. The van der Waals surface area contributed by atoms with Crippen molar-refractivity contribution in [1.29, 1.82) is 0 Å². The van der Waals surface area contributed by atoms with Gasteiger partial charge in [0.05, 0.1) is 43.1 Å². The molecule has 0 bridgehead atoms. The second-order valence-corrected chi connectivity index (χ2v) is 10.4. The number of anilines is 2. The summed E-state index contributed by atoms with van der Waals surface area (Å²) in [5, 5.41) is 14.0. The van der Waals surface area contributed by atoms with Crippen LogP contribution in [0.5, 0.6) is 0 Å². The molecule has 208 valence electrons. The molecule has 39 heavy (non-hydrogen) atoms. The minimum absolute atomic E-state index is 0.00955. The van der Waals surface area contributed by atoms with E-state index in [2.05, 4.69) is 10.3 Å². The van der Waals surface area contributed by atoms with Gasteiger partial charge in [-0.15, -0.1) is 0 Å². The molecule has 2 N–H and O–H groups in total. The van der Waals surface area contributed by atoms with E-state index in [1.54, 1.807) is 29.2 Å². The van der Waals surface area contributed by atoms with Crippen LogP contribution in [0.25, 0.3) is 10.9 Å². The first-order valence-electron chi connectivity index (χ1n) is 13.0. The van der Waals surface area contributed by atoms with Crippen LogP contribution in [0.3, 0.4) is 0 Å². The van der Waals surface area contributed by atoms with E-state index in [1.165, 1.54) is 12.3 Å². The van der Waals surface area contributed by atoms with E-state index in [4.69, 9.17) is 16.3 Å². The summed E-state index contributed by atoms with van der Waals surface area (Å²) in [5.41, 5.74) is 1.27. The zero-order chi connectivity index (χ0) is 27.6. The van der Waals surface area contributed by atoms with Crippen LogP contribution in [-0.4, -0.2) is 71.7 Å². The number of carbonyl (C=O) groups excluding carboxylic acids is 1. The molecule has 3 aromatic rings. The van der Waals surface area contributed by atoms with Gasteiger partial charge in [0.1, 0.15) is 0 Å². The molecule has 2 fully saturated rings. The summed E-state index contributed by atoms with van der Waals surface area (Å²) < 4.78 is 48.1. The number of aliphatic hydroxyl groups excluding tert-OH is 1. The molecule has 2 aliphatic rings. The van der Waals surface area contributed by atoms with Crippen LogP contribution >= 0.6 is 11.6 Å². The first kappa shape index (κ1) is 27.6. The van der Waals surface area contributed by atoms with Gasteiger partial charge < -0.3 is 20.1 Å². The fraction of sp³-hybridized carbons (Fsp3) is 0.429. The van der Waals surface area contributed by atoms with Gasteiger partial charge in [0.25, 0.3) is 0 Å². The Morgan fingerprint density at radius 2 is 1.85 bits per heavy atom. The highest BCUT2D eigenvalue weighted by Crippen LogP contribution is 2.41. The van der Waals surface area contributed by atoms with Crippen LogP contribution in [0.4, 0.5) is 24.5 Å². The summed E-state index contributed by atoms with van der Waals surface area (Å²) in [6.45, 7) is 3.44. The van der Waals surface area contributed by atoms with Crippen LogP contribution in [0.1, 0.15) is 35.4 Å². The van der Waals surface area contributed by atoms with E-state index in [-0.39, 0.29) is 29.7 Å². The number of carbonyl (C=O) groups is 1. The van der Waals surface area contributed by atoms with E-state index >= 15 is 0 Å². The van der Waals surface area contributed by atoms with Gasteiger partial charge in [-0.05, 0) is 54.7 Å². The molecule has 0 unspecified atom stereocenters. The number of fused-ring (bicyclic) bond motifs is 1. The van der Waals surface area contributed by atoms with Crippen molar-refractivity contribution in [3.63, 3.8) is 0 Å². The number of aliphatic hydroxyl groups is 1. The summed E-state index contributed by atoms with van der Waals surface area (Å²) in [6.07, 6.45) is -2.13. The summed E-state index contributed by atoms with van der Waals surface area (Å²) >= 11 is 6.16. The van der Waals surface area contributed by atoms with Gasteiger partial charge in [-0.25, -0.2) is 0 Å². The molecule has 0 aliphatic carbocycles. The lowest BCUT2D eigenvalue weighted by atomic mass is 9.86. The Bertz CT molecular complexity index is 1340. The predicted molar refractivity (Wildman–Crippen MR) is 143 cm³/mol. The summed E-state index contributed by atoms with van der Waals surface area (Å²) in [5.74, 6) is -0.299. The number of nitrogens with one attached hydrogen (secondary N) is 1. The van der Waals surface area contributed by atoms with Gasteiger partial charge in [-0.1, -0.05) is 17.7 Å². The fourth-order valence-corrected chi connectivity index (χ4v) is 5.52. The number of likely N-dealkylation sites (tertiary alicyclic amines) is 1. The van der Waals surface area contributed by atoms with Crippen LogP contribution in [0.15, 0.2) is 42.6 Å². The number of piperidine rings is 1. The number of morpholine rings is 1. The maximum Gasteiger partial charge on any atom is 0.416 e. The van der Waals surface area contributed by atoms with Gasteiger partial charge in [-0.2, -0.15) is 13.2 Å². The number of hydrogen-bond donors (Lipinski definition) is 2. The average molecular weight is 563 g/mol. The third-order valence-electron chi connectivity index (χ3n) is 7.46. The smallest absolute Gasteiger partial charge is 0.392 e. The number of ether oxygens (including phenoxy) is 1. The monoisotopic (exact) mass is 562 g/mol. The Morgan fingerprint density at radius 1 is 1.10 bits per heavy atom. The highest BCUT2D eigenvalue weighted by molar-refractivity contribution is 6.31. The summed E-state index contributed by atoms with van der Waals surface area (Å²) in [6, 6.07) is 9.32. The standard InChI is InChI=1S/C28H30ClF3N4O3/c29-20-1-4-25-23(13-20)27(19(17-37)15-33-25)34-21-2-3-22(24(14-21)28(30,31)32)18-5-7-36(8-6-18)26(38)16-35-9-11-39-12-10-35/h1-4,13-15,18,37H,5-12,16-17H2,(H,33,34). The molecule has 2 aromatic carbocycles. The molecular formula is C28H30ClF3N4O3. The number of amides is 1. The van der Waals surface area contributed by atoms with Crippen molar-refractivity contribution in [3.05, 3.63) is 64.3 Å². The van der Waals surface area contributed by atoms with Gasteiger partial charge in [0, 0.05) is 54.0 Å². The lowest BCUT2D eigenvalue weighted by molar-refractivity contribution is -0.139. The zero-order valence-electron chi connectivity index (χ0n) is 21.3. The quantitative estimate of drug-likeness (QED) is 0.431. The Hall–Kier alpha value is -2.92. The van der Waals surface area contributed by atoms with Crippen molar-refractivity contribution < 1.29 is 27.8 Å². The third-order valence-corrected chi connectivity index (χ3v) is 7.69. The molecule has 0 saturated carbocycles. The van der Waals surface area contributed by atoms with Crippen molar-refractivity contribution in [1.82, 2.24) is 14.8 Å². The van der Waals surface area contributed by atoms with Crippen LogP contribution < -0.4 is 5.32 Å². The van der Waals surface area contributed by atoms with E-state index in [0.717, 1.165) is 6.07 Å². The highest BCUT2D eigenvalue weighted by atomic mass is 35.5. The summed E-state index contributed by atoms with van der Waals surface area (Å²) in [4.78, 5) is 20.9. The van der Waals surface area contributed by atoms with Crippen molar-refractivity contribution in [2.45, 2.75) is 31.5 Å². The van der Waals surface area contributed by atoms with Gasteiger partial charge in [0.2, 0.25) is 5.91 Å². The molecular weight excluding hydrogens is 533 g/mol. The second-order valence-electron chi connectivity index (χ2n) is 9.95. The van der Waals surface area contributed by atoms with Crippen molar-refractivity contribution >= 4 is 39.8 Å². The number of rotatable bonds is 6. The van der Waals surface area contributed by atoms with Gasteiger partial charge >= 0.3 is 6.18 Å². The number of nitrogens with zero attached hydrogens (tertiary/aromatic N) is 3. The molecule has 0 atom stereocenters. The number of hydrogen-bond acceptors (Lipinski definition) is 6. The summed E-state index contributed by atoms with van der Waals surface area (Å²) in [7, 11) is 0. The molecule has 5 rings (SSSR count). The molecule has 1 amide bonds. The number of aromatic nitrogens is 1. The minimum atomic E-state index is -4.56. The Labute approximate surface area is 229 Å². The van der Waals surface area contributed by atoms with E-state index in [1.807, 2.05) is 4.90 Å².